The van der Waals surface area contributed by atoms with Gasteiger partial charge in [-0.2, -0.15) is 5.26 Å². The number of pyridine rings is 3. The predicted octanol–water partition coefficient (Wildman–Crippen LogP) is 3.08. The summed E-state index contributed by atoms with van der Waals surface area (Å²) in [6.07, 6.45) is 10.2. The molecular weight excluding hydrogens is 248 g/mol. The first-order valence-corrected chi connectivity index (χ1v) is 6.09. The Morgan fingerprint density at radius 2 is 1.15 bits per heavy atom. The number of aromatic nitrogens is 3. The summed E-state index contributed by atoms with van der Waals surface area (Å²) in [6.45, 7) is 0. The fourth-order valence-electron chi connectivity index (χ4n) is 2.08. The van der Waals surface area contributed by atoms with Crippen molar-refractivity contribution in [1.29, 1.82) is 5.26 Å². The van der Waals surface area contributed by atoms with Gasteiger partial charge in [0.2, 0.25) is 0 Å². The second kappa shape index (κ2) is 5.29. The molecule has 94 valence electrons. The molecule has 4 heteroatoms. The van der Waals surface area contributed by atoms with Gasteiger partial charge in [-0.05, 0) is 35.4 Å². The van der Waals surface area contributed by atoms with Crippen LogP contribution in [0.25, 0.3) is 22.3 Å². The summed E-state index contributed by atoms with van der Waals surface area (Å²) in [5.41, 5.74) is 4.09. The third kappa shape index (κ3) is 2.13. The van der Waals surface area contributed by atoms with Crippen LogP contribution in [0, 0.1) is 11.3 Å². The molecule has 3 aromatic rings. The van der Waals surface area contributed by atoms with Gasteiger partial charge in [0.1, 0.15) is 6.07 Å². The van der Waals surface area contributed by atoms with E-state index in [2.05, 4.69) is 21.0 Å². The van der Waals surface area contributed by atoms with Gasteiger partial charge in [-0.3, -0.25) is 15.0 Å². The smallest absolute Gasteiger partial charge is 0.101 e. The summed E-state index contributed by atoms with van der Waals surface area (Å²) < 4.78 is 0. The molecule has 0 fully saturated rings. The highest BCUT2D eigenvalue weighted by Crippen LogP contribution is 2.30. The minimum Gasteiger partial charge on any atom is -0.265 e. The molecule has 0 saturated carbocycles. The van der Waals surface area contributed by atoms with Crippen LogP contribution in [0.3, 0.4) is 0 Å². The molecule has 0 aromatic carbocycles. The van der Waals surface area contributed by atoms with E-state index in [4.69, 9.17) is 0 Å². The average molecular weight is 258 g/mol. The van der Waals surface area contributed by atoms with Crippen LogP contribution in [0.1, 0.15) is 5.56 Å². The Morgan fingerprint density at radius 1 is 0.700 bits per heavy atom. The van der Waals surface area contributed by atoms with Crippen molar-refractivity contribution in [2.75, 3.05) is 0 Å². The zero-order chi connectivity index (χ0) is 13.8. The zero-order valence-electron chi connectivity index (χ0n) is 10.6. The summed E-state index contributed by atoms with van der Waals surface area (Å²) in [4.78, 5) is 12.2. The van der Waals surface area contributed by atoms with Gasteiger partial charge in [0.15, 0.2) is 0 Å². The summed E-state index contributed by atoms with van der Waals surface area (Å²) in [6, 6.07) is 9.76. The Hall–Kier alpha value is -3.06. The fourth-order valence-corrected chi connectivity index (χ4v) is 2.08. The first kappa shape index (κ1) is 12.0. The van der Waals surface area contributed by atoms with E-state index in [9.17, 15) is 5.26 Å². The fraction of sp³-hybridized carbons (Fsp3) is 0. The van der Waals surface area contributed by atoms with Gasteiger partial charge in [-0.1, -0.05) is 0 Å². The largest absolute Gasteiger partial charge is 0.265 e. The lowest BCUT2D eigenvalue weighted by molar-refractivity contribution is 1.28. The Bertz CT molecular complexity index is 704. The van der Waals surface area contributed by atoms with Crippen LogP contribution in [0.15, 0.2) is 61.4 Å². The monoisotopic (exact) mass is 258 g/mol. The number of nitrogens with zero attached hydrogens (tertiary/aromatic N) is 4. The highest BCUT2D eigenvalue weighted by Gasteiger charge is 2.11. The van der Waals surface area contributed by atoms with Gasteiger partial charge in [-0.25, -0.2) is 0 Å². The minimum atomic E-state index is 0.609. The summed E-state index contributed by atoms with van der Waals surface area (Å²) >= 11 is 0. The second-order valence-electron chi connectivity index (χ2n) is 4.19. The molecule has 20 heavy (non-hydrogen) atoms. The number of rotatable bonds is 2. The Balaban J connectivity index is 2.22. The van der Waals surface area contributed by atoms with E-state index in [0.29, 0.717) is 5.56 Å². The Labute approximate surface area is 116 Å². The zero-order valence-corrected chi connectivity index (χ0v) is 10.6. The van der Waals surface area contributed by atoms with Crippen molar-refractivity contribution in [3.63, 3.8) is 0 Å². The SMILES string of the molecule is N#Cc1c(-c2ccncc2)cncc1-c1ccncc1. The topological polar surface area (TPSA) is 62.5 Å². The number of nitriles is 1. The minimum absolute atomic E-state index is 0.609. The third-order valence-corrected chi connectivity index (χ3v) is 3.04. The second-order valence-corrected chi connectivity index (χ2v) is 4.19. The number of hydrogen-bond donors (Lipinski definition) is 0. The van der Waals surface area contributed by atoms with Crippen LogP contribution in [0.2, 0.25) is 0 Å². The van der Waals surface area contributed by atoms with Gasteiger partial charge >= 0.3 is 0 Å². The van der Waals surface area contributed by atoms with Crippen molar-refractivity contribution in [3.8, 4) is 28.3 Å². The van der Waals surface area contributed by atoms with Gasteiger partial charge in [0.25, 0.3) is 0 Å². The van der Waals surface area contributed by atoms with E-state index in [1.54, 1.807) is 37.2 Å². The molecule has 0 atom stereocenters. The van der Waals surface area contributed by atoms with Crippen molar-refractivity contribution in [3.05, 3.63) is 67.0 Å². The normalized spacial score (nSPS) is 9.95. The van der Waals surface area contributed by atoms with Gasteiger partial charge in [0.05, 0.1) is 5.56 Å². The lowest BCUT2D eigenvalue weighted by atomic mass is 9.96. The van der Waals surface area contributed by atoms with E-state index in [-0.39, 0.29) is 0 Å². The first-order chi connectivity index (χ1) is 9.90. The van der Waals surface area contributed by atoms with Gasteiger partial charge in [-0.15, -0.1) is 0 Å². The standard InChI is InChI=1S/C16H10N4/c17-9-14-15(12-1-5-18-6-2-12)10-20-11-16(14)13-3-7-19-8-4-13/h1-8,10-11H. The van der Waals surface area contributed by atoms with E-state index in [1.165, 1.54) is 0 Å². The van der Waals surface area contributed by atoms with Crippen molar-refractivity contribution in [1.82, 2.24) is 15.0 Å². The molecule has 3 heterocycles. The highest BCUT2D eigenvalue weighted by atomic mass is 14.6. The van der Waals surface area contributed by atoms with Crippen LogP contribution < -0.4 is 0 Å². The molecule has 0 unspecified atom stereocenters. The summed E-state index contributed by atoms with van der Waals surface area (Å²) in [5.74, 6) is 0. The van der Waals surface area contributed by atoms with E-state index < -0.39 is 0 Å². The average Bonchev–Trinajstić information content (AvgIpc) is 2.55. The van der Waals surface area contributed by atoms with Crippen LogP contribution in [0.4, 0.5) is 0 Å². The van der Waals surface area contributed by atoms with Crippen LogP contribution in [0.5, 0.6) is 0 Å². The van der Waals surface area contributed by atoms with E-state index in [0.717, 1.165) is 22.3 Å². The molecule has 0 amide bonds. The molecule has 0 bridgehead atoms. The van der Waals surface area contributed by atoms with Crippen molar-refractivity contribution in [2.45, 2.75) is 0 Å². The molecule has 3 aromatic heterocycles. The van der Waals surface area contributed by atoms with Crippen molar-refractivity contribution < 1.29 is 0 Å². The molecule has 0 aliphatic rings. The van der Waals surface area contributed by atoms with Crippen LogP contribution >= 0.6 is 0 Å². The van der Waals surface area contributed by atoms with Crippen molar-refractivity contribution in [2.24, 2.45) is 0 Å². The molecule has 0 aliphatic carbocycles. The third-order valence-electron chi connectivity index (χ3n) is 3.04. The van der Waals surface area contributed by atoms with Gasteiger partial charge < -0.3 is 0 Å². The molecule has 4 nitrogen and oxygen atoms in total. The quantitative estimate of drug-likeness (QED) is 0.708. The van der Waals surface area contributed by atoms with Crippen molar-refractivity contribution >= 4 is 0 Å². The van der Waals surface area contributed by atoms with E-state index in [1.807, 2.05) is 24.3 Å². The van der Waals surface area contributed by atoms with Gasteiger partial charge in [0, 0.05) is 48.3 Å². The molecule has 0 saturated heterocycles. The molecule has 0 aliphatic heterocycles. The van der Waals surface area contributed by atoms with Crippen LogP contribution in [-0.4, -0.2) is 15.0 Å². The number of hydrogen-bond acceptors (Lipinski definition) is 4. The molecule has 0 spiro atoms. The highest BCUT2D eigenvalue weighted by molar-refractivity contribution is 5.80. The first-order valence-electron chi connectivity index (χ1n) is 6.09. The predicted molar refractivity (Wildman–Crippen MR) is 75.4 cm³/mol. The maximum Gasteiger partial charge on any atom is 0.101 e. The maximum absolute atomic E-state index is 9.51. The molecule has 0 radical (unpaired) electrons. The van der Waals surface area contributed by atoms with E-state index >= 15 is 0 Å². The summed E-state index contributed by atoms with van der Waals surface area (Å²) in [7, 11) is 0. The lowest BCUT2D eigenvalue weighted by Crippen LogP contribution is -1.92. The maximum atomic E-state index is 9.51. The van der Waals surface area contributed by atoms with Crippen LogP contribution in [-0.2, 0) is 0 Å². The Kier molecular flexibility index (Phi) is 3.17. The summed E-state index contributed by atoms with van der Waals surface area (Å²) in [5, 5.41) is 9.51. The molecule has 0 N–H and O–H groups in total. The molecular formula is C16H10N4. The lowest BCUT2D eigenvalue weighted by Gasteiger charge is -2.08. The Morgan fingerprint density at radius 3 is 1.55 bits per heavy atom. The molecule has 3 rings (SSSR count).